The van der Waals surface area contributed by atoms with Crippen LogP contribution in [0.15, 0.2) is 10.5 Å². The number of pyridine rings is 1. The Morgan fingerprint density at radius 3 is 2.58 bits per heavy atom. The molecule has 0 aliphatic heterocycles. The number of aromatic nitrogens is 1. The molecule has 0 N–H and O–H groups in total. The van der Waals surface area contributed by atoms with Crippen molar-refractivity contribution in [1.82, 2.24) is 4.98 Å². The van der Waals surface area contributed by atoms with Crippen LogP contribution in [0, 0.1) is 9.52 Å². The molecule has 0 aromatic carbocycles. The molecule has 6 heteroatoms. The van der Waals surface area contributed by atoms with E-state index in [2.05, 4.69) is 20.9 Å². The van der Waals surface area contributed by atoms with Crippen molar-refractivity contribution in [3.8, 4) is 0 Å². The summed E-state index contributed by atoms with van der Waals surface area (Å²) in [5.74, 6) is -0.891. The van der Waals surface area contributed by atoms with E-state index in [1.807, 2.05) is 0 Å². The molecule has 0 saturated heterocycles. The molecule has 1 heterocycles. The quantitative estimate of drug-likeness (QED) is 0.557. The number of hydrogen-bond acceptors (Lipinski definition) is 1. The minimum Gasteiger partial charge on any atom is -0.217 e. The Morgan fingerprint density at radius 2 is 2.08 bits per heavy atom. The molecule has 0 aliphatic rings. The first-order valence-corrected chi connectivity index (χ1v) is 4.69. The summed E-state index contributed by atoms with van der Waals surface area (Å²) < 4.78 is 37.3. The minimum atomic E-state index is -2.76. The highest BCUT2D eigenvalue weighted by atomic mass is 127. The van der Waals surface area contributed by atoms with Crippen LogP contribution in [0.1, 0.15) is 12.1 Å². The molecular weight excluding hydrogens is 350 g/mol. The van der Waals surface area contributed by atoms with Crippen molar-refractivity contribution in [2.75, 3.05) is 0 Å². The van der Waals surface area contributed by atoms with Crippen LogP contribution in [0.2, 0.25) is 0 Å². The van der Waals surface area contributed by atoms with E-state index in [0.717, 1.165) is 6.07 Å². The molecule has 0 bridgehead atoms. The van der Waals surface area contributed by atoms with Gasteiger partial charge in [-0.3, -0.25) is 0 Å². The molecule has 66 valence electrons. The van der Waals surface area contributed by atoms with Gasteiger partial charge in [-0.1, -0.05) is 0 Å². The average Bonchev–Trinajstić information content (AvgIpc) is 1.96. The maximum absolute atomic E-state index is 12.5. The van der Waals surface area contributed by atoms with Gasteiger partial charge in [-0.05, 0) is 38.5 Å². The van der Waals surface area contributed by atoms with Gasteiger partial charge in [0, 0.05) is 9.64 Å². The Hall–Kier alpha value is 0.150. The SMILES string of the molecule is Fc1cc(I)c(Br)c(C(F)F)n1. The predicted octanol–water partition coefficient (Wildman–Crippen LogP) is 3.53. The molecule has 1 aromatic rings. The number of hydrogen-bond donors (Lipinski definition) is 0. The van der Waals surface area contributed by atoms with E-state index in [9.17, 15) is 13.2 Å². The maximum Gasteiger partial charge on any atom is 0.281 e. The van der Waals surface area contributed by atoms with Gasteiger partial charge < -0.3 is 0 Å². The first-order chi connectivity index (χ1) is 5.52. The van der Waals surface area contributed by atoms with Crippen molar-refractivity contribution in [2.24, 2.45) is 0 Å². The zero-order valence-electron chi connectivity index (χ0n) is 5.49. The van der Waals surface area contributed by atoms with E-state index >= 15 is 0 Å². The Morgan fingerprint density at radius 1 is 1.50 bits per heavy atom. The van der Waals surface area contributed by atoms with E-state index in [-0.39, 0.29) is 4.47 Å². The zero-order chi connectivity index (χ0) is 9.30. The summed E-state index contributed by atoms with van der Waals surface area (Å²) in [4.78, 5) is 3.06. The molecule has 12 heavy (non-hydrogen) atoms. The summed E-state index contributed by atoms with van der Waals surface area (Å²) in [5.41, 5.74) is -0.556. The van der Waals surface area contributed by atoms with Crippen molar-refractivity contribution in [3.63, 3.8) is 0 Å². The topological polar surface area (TPSA) is 12.9 Å². The standard InChI is InChI=1S/C6H2BrF3IN/c7-4-2(11)1-3(8)12-5(4)6(9)10/h1,6H. The first-order valence-electron chi connectivity index (χ1n) is 2.82. The summed E-state index contributed by atoms with van der Waals surface area (Å²) in [5, 5.41) is 0. The predicted molar refractivity (Wildman–Crippen MR) is 49.6 cm³/mol. The highest BCUT2D eigenvalue weighted by molar-refractivity contribution is 14.1. The van der Waals surface area contributed by atoms with Crippen molar-refractivity contribution < 1.29 is 13.2 Å². The molecule has 0 radical (unpaired) electrons. The second-order valence-corrected chi connectivity index (χ2v) is 3.88. The lowest BCUT2D eigenvalue weighted by molar-refractivity contribution is 0.143. The van der Waals surface area contributed by atoms with Gasteiger partial charge in [0.1, 0.15) is 5.69 Å². The fourth-order valence-corrected chi connectivity index (χ4v) is 1.54. The average molecular weight is 352 g/mol. The minimum absolute atomic E-state index is 0.152. The molecule has 0 atom stereocenters. The van der Waals surface area contributed by atoms with Gasteiger partial charge in [0.2, 0.25) is 5.95 Å². The normalized spacial score (nSPS) is 10.8. The third-order valence-corrected chi connectivity index (χ3v) is 3.54. The van der Waals surface area contributed by atoms with Crippen LogP contribution in [0.4, 0.5) is 13.2 Å². The van der Waals surface area contributed by atoms with E-state index in [1.165, 1.54) is 0 Å². The second kappa shape index (κ2) is 3.91. The van der Waals surface area contributed by atoms with Crippen LogP contribution in [0.3, 0.4) is 0 Å². The lowest BCUT2D eigenvalue weighted by Gasteiger charge is -2.03. The third kappa shape index (κ3) is 2.09. The number of halogens is 5. The highest BCUT2D eigenvalue weighted by Gasteiger charge is 2.16. The van der Waals surface area contributed by atoms with Crippen LogP contribution in [0.25, 0.3) is 0 Å². The van der Waals surface area contributed by atoms with E-state index in [0.29, 0.717) is 3.57 Å². The van der Waals surface area contributed by atoms with Crippen LogP contribution < -0.4 is 0 Å². The monoisotopic (exact) mass is 351 g/mol. The summed E-state index contributed by atoms with van der Waals surface area (Å²) >= 11 is 4.65. The molecule has 0 aliphatic carbocycles. The molecule has 0 amide bonds. The highest BCUT2D eigenvalue weighted by Crippen LogP contribution is 2.29. The number of alkyl halides is 2. The Balaban J connectivity index is 3.28. The van der Waals surface area contributed by atoms with Crippen LogP contribution in [0.5, 0.6) is 0 Å². The fraction of sp³-hybridized carbons (Fsp3) is 0.167. The largest absolute Gasteiger partial charge is 0.281 e. The molecule has 0 spiro atoms. The third-order valence-electron chi connectivity index (χ3n) is 1.11. The van der Waals surface area contributed by atoms with Crippen molar-refractivity contribution >= 4 is 38.5 Å². The molecule has 0 unspecified atom stereocenters. The van der Waals surface area contributed by atoms with Gasteiger partial charge in [-0.2, -0.15) is 4.39 Å². The van der Waals surface area contributed by atoms with Crippen LogP contribution >= 0.6 is 38.5 Å². The van der Waals surface area contributed by atoms with Crippen molar-refractivity contribution in [1.29, 1.82) is 0 Å². The lowest BCUT2D eigenvalue weighted by Crippen LogP contribution is -1.97. The summed E-state index contributed by atoms with van der Waals surface area (Å²) in [6.45, 7) is 0. The molecule has 0 fully saturated rings. The molecule has 0 saturated carbocycles. The van der Waals surface area contributed by atoms with Gasteiger partial charge in [0.05, 0.1) is 4.47 Å². The van der Waals surface area contributed by atoms with Gasteiger partial charge in [-0.25, -0.2) is 13.8 Å². The summed E-state index contributed by atoms with van der Waals surface area (Å²) in [6.07, 6.45) is -2.76. The lowest BCUT2D eigenvalue weighted by atomic mass is 10.4. The molecule has 1 aromatic heterocycles. The first kappa shape index (κ1) is 10.2. The second-order valence-electron chi connectivity index (χ2n) is 1.93. The Bertz CT molecular complexity index is 305. The Kier molecular flexibility index (Phi) is 3.33. The maximum atomic E-state index is 12.5. The number of nitrogens with zero attached hydrogens (tertiary/aromatic N) is 1. The van der Waals surface area contributed by atoms with Crippen LogP contribution in [-0.4, -0.2) is 4.98 Å². The van der Waals surface area contributed by atoms with E-state index < -0.39 is 18.1 Å². The smallest absolute Gasteiger partial charge is 0.217 e. The van der Waals surface area contributed by atoms with E-state index in [1.54, 1.807) is 22.6 Å². The van der Waals surface area contributed by atoms with E-state index in [4.69, 9.17) is 0 Å². The van der Waals surface area contributed by atoms with Crippen molar-refractivity contribution in [2.45, 2.75) is 6.43 Å². The molecule has 1 rings (SSSR count). The molecular formula is C6H2BrF3IN. The van der Waals surface area contributed by atoms with Gasteiger partial charge >= 0.3 is 0 Å². The molecule has 1 nitrogen and oxygen atoms in total. The van der Waals surface area contributed by atoms with Gasteiger partial charge in [0.15, 0.2) is 0 Å². The number of rotatable bonds is 1. The zero-order valence-corrected chi connectivity index (χ0v) is 9.24. The summed E-state index contributed by atoms with van der Waals surface area (Å²) in [6, 6.07) is 1.08. The van der Waals surface area contributed by atoms with Gasteiger partial charge in [-0.15, -0.1) is 0 Å². The summed E-state index contributed by atoms with van der Waals surface area (Å²) in [7, 11) is 0. The Labute approximate surface area is 88.6 Å². The van der Waals surface area contributed by atoms with Crippen LogP contribution in [-0.2, 0) is 0 Å². The van der Waals surface area contributed by atoms with Gasteiger partial charge in [0.25, 0.3) is 6.43 Å². The fourth-order valence-electron chi connectivity index (χ4n) is 0.631. The van der Waals surface area contributed by atoms with Crippen molar-refractivity contribution in [3.05, 3.63) is 25.8 Å².